The van der Waals surface area contributed by atoms with Crippen molar-refractivity contribution >= 4 is 17.5 Å². The molecule has 0 aliphatic heterocycles. The lowest BCUT2D eigenvalue weighted by Crippen LogP contribution is -2.17. The minimum atomic E-state index is -4.84. The van der Waals surface area contributed by atoms with E-state index >= 15 is 0 Å². The molecule has 1 aromatic heterocycles. The topological polar surface area (TPSA) is 59.1 Å². The maximum absolute atomic E-state index is 12.8. The van der Waals surface area contributed by atoms with Gasteiger partial charge in [-0.25, -0.2) is 4.98 Å². The van der Waals surface area contributed by atoms with Crippen LogP contribution in [0.5, 0.6) is 5.75 Å². The van der Waals surface area contributed by atoms with E-state index in [-0.39, 0.29) is 17.5 Å². The van der Waals surface area contributed by atoms with E-state index in [9.17, 15) is 26.3 Å². The van der Waals surface area contributed by atoms with Crippen molar-refractivity contribution in [2.75, 3.05) is 17.7 Å². The minimum Gasteiger partial charge on any atom is -0.406 e. The fourth-order valence-electron chi connectivity index (χ4n) is 1.88. The second kappa shape index (κ2) is 6.65. The molecule has 1 aromatic carbocycles. The van der Waals surface area contributed by atoms with Crippen LogP contribution in [0.4, 0.5) is 43.8 Å². The van der Waals surface area contributed by atoms with Crippen LogP contribution in [0.25, 0.3) is 0 Å². The van der Waals surface area contributed by atoms with Crippen molar-refractivity contribution in [2.24, 2.45) is 0 Å². The summed E-state index contributed by atoms with van der Waals surface area (Å²) in [6.45, 7) is 1.47. The Morgan fingerprint density at radius 2 is 1.68 bits per heavy atom. The Hall–Kier alpha value is -2.72. The highest BCUT2D eigenvalue weighted by Gasteiger charge is 2.34. The number of aryl methyl sites for hydroxylation is 1. The molecule has 0 fully saturated rings. The zero-order valence-corrected chi connectivity index (χ0v) is 12.9. The zero-order chi connectivity index (χ0) is 18.8. The fourth-order valence-corrected chi connectivity index (χ4v) is 1.88. The molecule has 1 heterocycles. The molecule has 11 heteroatoms. The smallest absolute Gasteiger partial charge is 0.406 e. The average Bonchev–Trinajstić information content (AvgIpc) is 2.47. The van der Waals surface area contributed by atoms with Gasteiger partial charge in [-0.15, -0.1) is 13.2 Å². The highest BCUT2D eigenvalue weighted by atomic mass is 19.4. The van der Waals surface area contributed by atoms with Crippen LogP contribution < -0.4 is 15.4 Å². The van der Waals surface area contributed by atoms with E-state index in [4.69, 9.17) is 0 Å². The summed E-state index contributed by atoms with van der Waals surface area (Å²) >= 11 is 0. The molecule has 0 amide bonds. The number of halogens is 6. The van der Waals surface area contributed by atoms with Crippen LogP contribution in [-0.4, -0.2) is 23.4 Å². The summed E-state index contributed by atoms with van der Waals surface area (Å²) in [5, 5.41) is 5.03. The van der Waals surface area contributed by atoms with Gasteiger partial charge in [-0.05, 0) is 30.7 Å². The number of nitrogens with one attached hydrogen (secondary N) is 2. The lowest BCUT2D eigenvalue weighted by Gasteiger charge is -2.14. The van der Waals surface area contributed by atoms with Crippen LogP contribution in [0.2, 0.25) is 0 Å². The van der Waals surface area contributed by atoms with Crippen molar-refractivity contribution in [1.29, 1.82) is 0 Å². The van der Waals surface area contributed by atoms with Crippen LogP contribution in [0.15, 0.2) is 24.3 Å². The summed E-state index contributed by atoms with van der Waals surface area (Å²) in [4.78, 5) is 7.15. The summed E-state index contributed by atoms with van der Waals surface area (Å²) in [6, 6.07) is 4.07. The molecule has 0 atom stereocenters. The lowest BCUT2D eigenvalue weighted by molar-refractivity contribution is -0.274. The van der Waals surface area contributed by atoms with Crippen molar-refractivity contribution in [3.05, 3.63) is 35.5 Å². The van der Waals surface area contributed by atoms with Gasteiger partial charge in [-0.3, -0.25) is 0 Å². The fraction of sp³-hybridized carbons (Fsp3) is 0.286. The number of benzene rings is 1. The van der Waals surface area contributed by atoms with E-state index in [1.54, 1.807) is 0 Å². The van der Waals surface area contributed by atoms with Gasteiger partial charge in [0.2, 0.25) is 5.95 Å². The molecule has 0 aliphatic carbocycles. The molecule has 0 bridgehead atoms. The van der Waals surface area contributed by atoms with Crippen LogP contribution in [-0.2, 0) is 6.18 Å². The predicted octanol–water partition coefficient (Wildman–Crippen LogP) is 4.49. The van der Waals surface area contributed by atoms with Gasteiger partial charge in [-0.1, -0.05) is 0 Å². The van der Waals surface area contributed by atoms with Gasteiger partial charge >= 0.3 is 12.5 Å². The maximum atomic E-state index is 12.8. The predicted molar refractivity (Wildman–Crippen MR) is 77.7 cm³/mol. The first-order chi connectivity index (χ1) is 11.5. The number of hydrogen-bond donors (Lipinski definition) is 2. The van der Waals surface area contributed by atoms with Gasteiger partial charge in [0.05, 0.1) is 0 Å². The summed E-state index contributed by atoms with van der Waals surface area (Å²) in [5.74, 6) is -0.864. The third-order valence-electron chi connectivity index (χ3n) is 2.93. The van der Waals surface area contributed by atoms with Gasteiger partial charge < -0.3 is 15.4 Å². The van der Waals surface area contributed by atoms with E-state index in [2.05, 4.69) is 25.3 Å². The van der Waals surface area contributed by atoms with Crippen molar-refractivity contribution in [1.82, 2.24) is 9.97 Å². The number of nitrogens with zero attached hydrogens (tertiary/aromatic N) is 2. The molecular weight excluding hydrogens is 354 g/mol. The van der Waals surface area contributed by atoms with Gasteiger partial charge in [0, 0.05) is 18.8 Å². The van der Waals surface area contributed by atoms with E-state index < -0.39 is 24.0 Å². The molecule has 2 aromatic rings. The van der Waals surface area contributed by atoms with Gasteiger partial charge in [0.25, 0.3) is 0 Å². The first-order valence-electron chi connectivity index (χ1n) is 6.75. The molecule has 0 radical (unpaired) electrons. The molecule has 136 valence electrons. The van der Waals surface area contributed by atoms with E-state index in [0.29, 0.717) is 11.6 Å². The third kappa shape index (κ3) is 5.13. The van der Waals surface area contributed by atoms with E-state index in [1.807, 2.05) is 0 Å². The standard InChI is InChI=1S/C14H12F6N4O/c1-7-5-8(25-14(18,19)20)3-4-9(7)22-11-6-10(13(15,16)17)23-12(21-2)24-11/h3-6H,1-2H3,(H2,21,22,23,24). The number of hydrogen-bond acceptors (Lipinski definition) is 5. The van der Waals surface area contributed by atoms with E-state index in [1.165, 1.54) is 20.0 Å². The lowest BCUT2D eigenvalue weighted by atomic mass is 10.2. The molecule has 0 spiro atoms. The highest BCUT2D eigenvalue weighted by molar-refractivity contribution is 5.62. The number of aromatic nitrogens is 2. The SMILES string of the molecule is CNc1nc(Nc2ccc(OC(F)(F)F)cc2C)cc(C(F)(F)F)n1. The summed E-state index contributed by atoms with van der Waals surface area (Å²) in [5.41, 5.74) is -0.577. The van der Waals surface area contributed by atoms with Crippen LogP contribution in [0.3, 0.4) is 0 Å². The maximum Gasteiger partial charge on any atom is 0.573 e. The number of ether oxygens (including phenoxy) is 1. The molecule has 0 unspecified atom stereocenters. The van der Waals surface area contributed by atoms with Gasteiger partial charge in [0.1, 0.15) is 11.6 Å². The largest absolute Gasteiger partial charge is 0.573 e. The zero-order valence-electron chi connectivity index (χ0n) is 12.9. The van der Waals surface area contributed by atoms with Crippen LogP contribution >= 0.6 is 0 Å². The molecule has 2 rings (SSSR count). The molecule has 5 nitrogen and oxygen atoms in total. The van der Waals surface area contributed by atoms with Crippen molar-refractivity contribution < 1.29 is 31.1 Å². The first-order valence-corrected chi connectivity index (χ1v) is 6.75. The number of anilines is 3. The number of alkyl halides is 6. The Labute approximate surface area is 138 Å². The molecule has 0 aliphatic rings. The van der Waals surface area contributed by atoms with Gasteiger partial charge in [-0.2, -0.15) is 18.2 Å². The minimum absolute atomic E-state index is 0.167. The molecule has 0 saturated carbocycles. The summed E-state index contributed by atoms with van der Waals surface area (Å²) in [6.07, 6.45) is -9.51. The average molecular weight is 366 g/mol. The van der Waals surface area contributed by atoms with Crippen molar-refractivity contribution in [3.63, 3.8) is 0 Å². The molecule has 0 saturated heterocycles. The Morgan fingerprint density at radius 3 is 2.20 bits per heavy atom. The number of rotatable bonds is 4. The highest BCUT2D eigenvalue weighted by Crippen LogP contribution is 2.32. The van der Waals surface area contributed by atoms with Crippen molar-refractivity contribution in [2.45, 2.75) is 19.5 Å². The third-order valence-corrected chi connectivity index (χ3v) is 2.93. The normalized spacial score (nSPS) is 12.0. The quantitative estimate of drug-likeness (QED) is 0.781. The summed E-state index contributed by atoms with van der Waals surface area (Å²) in [7, 11) is 1.35. The molecule has 2 N–H and O–H groups in total. The summed E-state index contributed by atoms with van der Waals surface area (Å²) < 4.78 is 78.9. The van der Waals surface area contributed by atoms with Crippen LogP contribution in [0.1, 0.15) is 11.3 Å². The Kier molecular flexibility index (Phi) is 4.95. The van der Waals surface area contributed by atoms with Crippen molar-refractivity contribution in [3.8, 4) is 5.75 Å². The van der Waals surface area contributed by atoms with Crippen LogP contribution in [0, 0.1) is 6.92 Å². The Morgan fingerprint density at radius 1 is 1.00 bits per heavy atom. The molecular formula is C14H12F6N4O. The second-order valence-electron chi connectivity index (χ2n) is 4.86. The Bertz CT molecular complexity index is 760. The van der Waals surface area contributed by atoms with E-state index in [0.717, 1.165) is 12.1 Å². The first kappa shape index (κ1) is 18.6. The Balaban J connectivity index is 2.30. The van der Waals surface area contributed by atoms with Gasteiger partial charge in [0.15, 0.2) is 5.69 Å². The monoisotopic (exact) mass is 366 g/mol. The molecule has 25 heavy (non-hydrogen) atoms. The second-order valence-corrected chi connectivity index (χ2v) is 4.86.